The molecule has 0 atom stereocenters. The van der Waals surface area contributed by atoms with Gasteiger partial charge in [0.1, 0.15) is 5.78 Å². The SMILES string of the molecule is CN1CN(C)c2cc(C3(O)CCC(=O)CC3)ccc21. The molecule has 4 heteroatoms. The van der Waals surface area contributed by atoms with E-state index in [4.69, 9.17) is 0 Å². The van der Waals surface area contributed by atoms with Crippen LogP contribution in [0.5, 0.6) is 0 Å². The van der Waals surface area contributed by atoms with Crippen molar-refractivity contribution in [1.82, 2.24) is 0 Å². The van der Waals surface area contributed by atoms with Crippen LogP contribution in [0.1, 0.15) is 31.2 Å². The monoisotopic (exact) mass is 260 g/mol. The molecule has 1 aliphatic carbocycles. The lowest BCUT2D eigenvalue weighted by molar-refractivity contribution is -0.125. The first kappa shape index (κ1) is 12.5. The van der Waals surface area contributed by atoms with Gasteiger partial charge in [0.05, 0.1) is 23.6 Å². The molecule has 0 aromatic heterocycles. The van der Waals surface area contributed by atoms with Crippen LogP contribution in [-0.2, 0) is 10.4 Å². The first-order valence-corrected chi connectivity index (χ1v) is 6.80. The lowest BCUT2D eigenvalue weighted by Crippen LogP contribution is -2.31. The summed E-state index contributed by atoms with van der Waals surface area (Å²) in [6.07, 6.45) is 2.07. The van der Waals surface area contributed by atoms with Gasteiger partial charge in [-0.15, -0.1) is 0 Å². The van der Waals surface area contributed by atoms with Gasteiger partial charge in [0, 0.05) is 26.9 Å². The van der Waals surface area contributed by atoms with Crippen LogP contribution in [0.25, 0.3) is 0 Å². The number of carbonyl (C=O) groups is 1. The molecular weight excluding hydrogens is 240 g/mol. The summed E-state index contributed by atoms with van der Waals surface area (Å²) < 4.78 is 0. The Morgan fingerprint density at radius 3 is 2.42 bits per heavy atom. The summed E-state index contributed by atoms with van der Waals surface area (Å²) in [5, 5.41) is 10.8. The number of nitrogens with zero attached hydrogens (tertiary/aromatic N) is 2. The lowest BCUT2D eigenvalue weighted by Gasteiger charge is -2.32. The van der Waals surface area contributed by atoms with E-state index in [-0.39, 0.29) is 5.78 Å². The van der Waals surface area contributed by atoms with E-state index < -0.39 is 5.60 Å². The zero-order chi connectivity index (χ0) is 13.6. The van der Waals surface area contributed by atoms with E-state index in [1.54, 1.807) is 0 Å². The molecule has 1 N–H and O–H groups in total. The van der Waals surface area contributed by atoms with Crippen LogP contribution in [0.15, 0.2) is 18.2 Å². The Labute approximate surface area is 113 Å². The van der Waals surface area contributed by atoms with E-state index in [0.29, 0.717) is 25.7 Å². The number of hydrogen-bond acceptors (Lipinski definition) is 4. The molecule has 0 radical (unpaired) electrons. The molecule has 0 bridgehead atoms. The smallest absolute Gasteiger partial charge is 0.133 e. The van der Waals surface area contributed by atoms with Crippen molar-refractivity contribution in [2.75, 3.05) is 30.6 Å². The molecule has 0 unspecified atom stereocenters. The standard InChI is InChI=1S/C15H20N2O2/c1-16-10-17(2)14-9-11(3-4-13(14)16)15(19)7-5-12(18)6-8-15/h3-4,9,19H,5-8,10H2,1-2H3. The van der Waals surface area contributed by atoms with Crippen LogP contribution >= 0.6 is 0 Å². The number of Topliss-reactive ketones (excluding diaryl/α,β-unsaturated/α-hetero) is 1. The summed E-state index contributed by atoms with van der Waals surface area (Å²) >= 11 is 0. The predicted octanol–water partition coefficient (Wildman–Crippen LogP) is 1.86. The second-order valence-electron chi connectivity index (χ2n) is 5.81. The number of rotatable bonds is 1. The first-order chi connectivity index (χ1) is 8.99. The molecule has 0 spiro atoms. The van der Waals surface area contributed by atoms with Crippen LogP contribution in [0.4, 0.5) is 11.4 Å². The van der Waals surface area contributed by atoms with Gasteiger partial charge in [0.25, 0.3) is 0 Å². The molecule has 1 aromatic carbocycles. The van der Waals surface area contributed by atoms with E-state index in [9.17, 15) is 9.90 Å². The molecule has 1 aromatic rings. The minimum absolute atomic E-state index is 0.266. The van der Waals surface area contributed by atoms with Crippen LogP contribution < -0.4 is 9.80 Å². The highest BCUT2D eigenvalue weighted by molar-refractivity contribution is 5.80. The minimum atomic E-state index is -0.828. The van der Waals surface area contributed by atoms with Crippen LogP contribution in [0.2, 0.25) is 0 Å². The molecule has 4 nitrogen and oxygen atoms in total. The Balaban J connectivity index is 1.94. The molecule has 1 fully saturated rings. The highest BCUT2D eigenvalue weighted by Crippen LogP contribution is 2.41. The third kappa shape index (κ3) is 2.00. The van der Waals surface area contributed by atoms with Crippen LogP contribution in [-0.4, -0.2) is 31.7 Å². The highest BCUT2D eigenvalue weighted by atomic mass is 16.3. The van der Waals surface area contributed by atoms with Crippen molar-refractivity contribution in [3.05, 3.63) is 23.8 Å². The summed E-state index contributed by atoms with van der Waals surface area (Å²) in [7, 11) is 4.12. The van der Waals surface area contributed by atoms with Gasteiger partial charge in [-0.1, -0.05) is 6.07 Å². The second kappa shape index (κ2) is 4.23. The van der Waals surface area contributed by atoms with E-state index in [1.807, 2.05) is 6.07 Å². The highest BCUT2D eigenvalue weighted by Gasteiger charge is 2.35. The maximum Gasteiger partial charge on any atom is 0.133 e. The van der Waals surface area contributed by atoms with Crippen molar-refractivity contribution in [1.29, 1.82) is 0 Å². The van der Waals surface area contributed by atoms with E-state index in [2.05, 4.69) is 36.0 Å². The van der Waals surface area contributed by atoms with Gasteiger partial charge in [0.15, 0.2) is 0 Å². The molecule has 1 heterocycles. The Morgan fingerprint density at radius 2 is 1.74 bits per heavy atom. The molecule has 0 saturated heterocycles. The largest absolute Gasteiger partial charge is 0.385 e. The van der Waals surface area contributed by atoms with Gasteiger partial charge >= 0.3 is 0 Å². The molecule has 102 valence electrons. The van der Waals surface area contributed by atoms with E-state index in [1.165, 1.54) is 5.69 Å². The average molecular weight is 260 g/mol. The Bertz CT molecular complexity index is 517. The van der Waals surface area contributed by atoms with Gasteiger partial charge in [-0.3, -0.25) is 4.79 Å². The zero-order valence-corrected chi connectivity index (χ0v) is 11.5. The molecule has 2 aliphatic rings. The first-order valence-electron chi connectivity index (χ1n) is 6.80. The molecule has 1 aliphatic heterocycles. The summed E-state index contributed by atoms with van der Waals surface area (Å²) in [5.74, 6) is 0.266. The van der Waals surface area contributed by atoms with Gasteiger partial charge in [-0.05, 0) is 30.5 Å². The molecule has 1 saturated carbocycles. The van der Waals surface area contributed by atoms with Gasteiger partial charge in [-0.2, -0.15) is 0 Å². The number of anilines is 2. The Morgan fingerprint density at radius 1 is 1.11 bits per heavy atom. The number of benzene rings is 1. The summed E-state index contributed by atoms with van der Waals surface area (Å²) in [6.45, 7) is 0.871. The van der Waals surface area contributed by atoms with Crippen LogP contribution in [0, 0.1) is 0 Å². The predicted molar refractivity (Wildman–Crippen MR) is 75.5 cm³/mol. The molecule has 0 amide bonds. The van der Waals surface area contributed by atoms with E-state index >= 15 is 0 Å². The van der Waals surface area contributed by atoms with E-state index in [0.717, 1.165) is 17.9 Å². The van der Waals surface area contributed by atoms with Gasteiger partial charge < -0.3 is 14.9 Å². The van der Waals surface area contributed by atoms with Crippen molar-refractivity contribution in [2.45, 2.75) is 31.3 Å². The average Bonchev–Trinajstić information content (AvgIpc) is 2.69. The maximum atomic E-state index is 11.3. The van der Waals surface area contributed by atoms with Crippen LogP contribution in [0.3, 0.4) is 0 Å². The van der Waals surface area contributed by atoms with Crippen molar-refractivity contribution in [3.8, 4) is 0 Å². The van der Waals surface area contributed by atoms with Crippen molar-refractivity contribution >= 4 is 17.2 Å². The van der Waals surface area contributed by atoms with Gasteiger partial charge in [-0.25, -0.2) is 0 Å². The summed E-state index contributed by atoms with van der Waals surface area (Å²) in [5.41, 5.74) is 2.47. The number of ketones is 1. The topological polar surface area (TPSA) is 43.8 Å². The number of carbonyl (C=O) groups excluding carboxylic acids is 1. The third-order valence-corrected chi connectivity index (χ3v) is 4.39. The van der Waals surface area contributed by atoms with Crippen molar-refractivity contribution < 1.29 is 9.90 Å². The third-order valence-electron chi connectivity index (χ3n) is 4.39. The summed E-state index contributed by atoms with van der Waals surface area (Å²) in [6, 6.07) is 6.15. The number of aliphatic hydroxyl groups is 1. The molecule has 3 rings (SSSR count). The quantitative estimate of drug-likeness (QED) is 0.837. The van der Waals surface area contributed by atoms with Crippen molar-refractivity contribution in [2.24, 2.45) is 0 Å². The minimum Gasteiger partial charge on any atom is -0.385 e. The molecular formula is C15H20N2O2. The summed E-state index contributed by atoms with van der Waals surface area (Å²) in [4.78, 5) is 15.7. The normalized spacial score (nSPS) is 21.7. The fourth-order valence-corrected chi connectivity index (χ4v) is 3.14. The zero-order valence-electron chi connectivity index (χ0n) is 11.5. The van der Waals surface area contributed by atoms with Gasteiger partial charge in [0.2, 0.25) is 0 Å². The Kier molecular flexibility index (Phi) is 2.78. The number of hydrogen-bond donors (Lipinski definition) is 1. The fourth-order valence-electron chi connectivity index (χ4n) is 3.14. The number of fused-ring (bicyclic) bond motifs is 1. The maximum absolute atomic E-state index is 11.3. The Hall–Kier alpha value is -1.55. The second-order valence-corrected chi connectivity index (χ2v) is 5.81. The fraction of sp³-hybridized carbons (Fsp3) is 0.533. The lowest BCUT2D eigenvalue weighted by atomic mass is 9.79. The van der Waals surface area contributed by atoms with Crippen molar-refractivity contribution in [3.63, 3.8) is 0 Å². The molecule has 19 heavy (non-hydrogen) atoms.